The van der Waals surface area contributed by atoms with Crippen LogP contribution in [0.25, 0.3) is 0 Å². The summed E-state index contributed by atoms with van der Waals surface area (Å²) in [6.07, 6.45) is 0.167. The monoisotopic (exact) mass is 383 g/mol. The first-order chi connectivity index (χ1) is 13.5. The zero-order valence-electron chi connectivity index (χ0n) is 17.1. The topological polar surface area (TPSA) is 54.0 Å². The molecule has 6 nitrogen and oxygen atoms in total. The molecule has 2 amide bonds. The first kappa shape index (κ1) is 19.9. The molecule has 1 aliphatic heterocycles. The van der Waals surface area contributed by atoms with E-state index in [2.05, 4.69) is 22.3 Å². The second-order valence-electron chi connectivity index (χ2n) is 7.27. The van der Waals surface area contributed by atoms with Crippen molar-refractivity contribution in [2.24, 2.45) is 0 Å². The second kappa shape index (κ2) is 8.87. The van der Waals surface area contributed by atoms with Crippen molar-refractivity contribution in [3.63, 3.8) is 0 Å². The number of nitrogens with zero attached hydrogens (tertiary/aromatic N) is 2. The van der Waals surface area contributed by atoms with Crippen LogP contribution < -0.4 is 19.7 Å². The van der Waals surface area contributed by atoms with E-state index in [4.69, 9.17) is 9.47 Å². The molecule has 1 saturated heterocycles. The summed E-state index contributed by atoms with van der Waals surface area (Å²) < 4.78 is 11.0. The Bertz CT molecular complexity index is 797. The van der Waals surface area contributed by atoms with Crippen molar-refractivity contribution >= 4 is 17.4 Å². The Balaban J connectivity index is 1.56. The summed E-state index contributed by atoms with van der Waals surface area (Å²) in [5, 5.41) is 2.98. The summed E-state index contributed by atoms with van der Waals surface area (Å²) in [4.78, 5) is 16.8. The van der Waals surface area contributed by atoms with Gasteiger partial charge in [0.05, 0.1) is 18.9 Å². The van der Waals surface area contributed by atoms with E-state index in [0.29, 0.717) is 24.5 Å². The lowest BCUT2D eigenvalue weighted by atomic mass is 10.2. The highest BCUT2D eigenvalue weighted by atomic mass is 16.5. The number of benzene rings is 2. The van der Waals surface area contributed by atoms with Crippen molar-refractivity contribution in [2.45, 2.75) is 26.9 Å². The summed E-state index contributed by atoms with van der Waals surface area (Å²) in [5.41, 5.74) is 2.93. The van der Waals surface area contributed by atoms with Crippen LogP contribution in [0.5, 0.6) is 11.5 Å². The van der Waals surface area contributed by atoms with Gasteiger partial charge in [-0.15, -0.1) is 0 Å². The number of hydrogen-bond donors (Lipinski definition) is 1. The van der Waals surface area contributed by atoms with Crippen molar-refractivity contribution in [2.75, 3.05) is 43.5 Å². The molecule has 1 heterocycles. The molecule has 0 radical (unpaired) electrons. The molecule has 2 aromatic carbocycles. The normalized spacial score (nSPS) is 14.2. The Kier molecular flexibility index (Phi) is 6.29. The molecule has 1 fully saturated rings. The fourth-order valence-electron chi connectivity index (χ4n) is 3.29. The van der Waals surface area contributed by atoms with E-state index in [0.717, 1.165) is 30.1 Å². The lowest BCUT2D eigenvalue weighted by molar-refractivity contribution is 0.208. The van der Waals surface area contributed by atoms with Crippen molar-refractivity contribution in [1.29, 1.82) is 0 Å². The quantitative estimate of drug-likeness (QED) is 0.843. The maximum atomic E-state index is 12.7. The van der Waals surface area contributed by atoms with Crippen LogP contribution in [0, 0.1) is 6.92 Å². The number of amides is 2. The predicted octanol–water partition coefficient (Wildman–Crippen LogP) is 4.14. The fourth-order valence-corrected chi connectivity index (χ4v) is 3.29. The SMILES string of the molecule is COc1ccc(C)cc1NC(=O)N1CCN(c2ccc(OC(C)C)cc2)CC1. The van der Waals surface area contributed by atoms with Crippen molar-refractivity contribution in [1.82, 2.24) is 4.90 Å². The smallest absolute Gasteiger partial charge is 0.322 e. The molecule has 0 saturated carbocycles. The Morgan fingerprint density at radius 3 is 2.32 bits per heavy atom. The summed E-state index contributed by atoms with van der Waals surface area (Å²) >= 11 is 0. The Labute approximate surface area is 167 Å². The van der Waals surface area contributed by atoms with Crippen LogP contribution in [0.4, 0.5) is 16.2 Å². The molecule has 1 N–H and O–H groups in total. The number of carbonyl (C=O) groups is 1. The van der Waals surface area contributed by atoms with Gasteiger partial charge in [-0.3, -0.25) is 0 Å². The lowest BCUT2D eigenvalue weighted by Gasteiger charge is -2.36. The number of ether oxygens (including phenoxy) is 2. The molecule has 0 aliphatic carbocycles. The van der Waals surface area contributed by atoms with Crippen LogP contribution in [-0.4, -0.2) is 50.3 Å². The van der Waals surface area contributed by atoms with Crippen LogP contribution in [0.15, 0.2) is 42.5 Å². The van der Waals surface area contributed by atoms with E-state index in [1.807, 2.05) is 56.0 Å². The molecular weight excluding hydrogens is 354 g/mol. The zero-order chi connectivity index (χ0) is 20.1. The largest absolute Gasteiger partial charge is 0.495 e. The molecule has 1 aliphatic rings. The van der Waals surface area contributed by atoms with E-state index in [9.17, 15) is 4.79 Å². The molecule has 0 spiro atoms. The number of urea groups is 1. The molecule has 0 atom stereocenters. The maximum absolute atomic E-state index is 12.7. The number of piperazine rings is 1. The van der Waals surface area contributed by atoms with Gasteiger partial charge in [-0.05, 0) is 62.7 Å². The highest BCUT2D eigenvalue weighted by Crippen LogP contribution is 2.26. The number of nitrogens with one attached hydrogen (secondary N) is 1. The number of methoxy groups -OCH3 is 1. The van der Waals surface area contributed by atoms with Crippen LogP contribution in [-0.2, 0) is 0 Å². The highest BCUT2D eigenvalue weighted by molar-refractivity contribution is 5.91. The van der Waals surface area contributed by atoms with Gasteiger partial charge < -0.3 is 24.6 Å². The second-order valence-corrected chi connectivity index (χ2v) is 7.27. The van der Waals surface area contributed by atoms with Gasteiger partial charge in [0.1, 0.15) is 11.5 Å². The zero-order valence-corrected chi connectivity index (χ0v) is 17.1. The molecule has 150 valence electrons. The third-order valence-corrected chi connectivity index (χ3v) is 4.74. The molecule has 0 aromatic heterocycles. The van der Waals surface area contributed by atoms with E-state index in [-0.39, 0.29) is 12.1 Å². The Morgan fingerprint density at radius 1 is 1.04 bits per heavy atom. The molecule has 2 aromatic rings. The van der Waals surface area contributed by atoms with Crippen molar-refractivity contribution < 1.29 is 14.3 Å². The fraction of sp³-hybridized carbons (Fsp3) is 0.409. The lowest BCUT2D eigenvalue weighted by Crippen LogP contribution is -2.50. The van der Waals surface area contributed by atoms with Crippen LogP contribution in [0.3, 0.4) is 0 Å². The molecular formula is C22H29N3O3. The number of carbonyl (C=O) groups excluding carboxylic acids is 1. The van der Waals surface area contributed by atoms with Crippen LogP contribution in [0.2, 0.25) is 0 Å². The van der Waals surface area contributed by atoms with Gasteiger partial charge in [-0.2, -0.15) is 0 Å². The molecule has 6 heteroatoms. The third kappa shape index (κ3) is 4.88. The first-order valence-corrected chi connectivity index (χ1v) is 9.68. The van der Waals surface area contributed by atoms with Crippen LogP contribution >= 0.6 is 0 Å². The number of hydrogen-bond acceptors (Lipinski definition) is 4. The van der Waals surface area contributed by atoms with Crippen molar-refractivity contribution in [3.8, 4) is 11.5 Å². The average molecular weight is 383 g/mol. The summed E-state index contributed by atoms with van der Waals surface area (Å²) in [6, 6.07) is 13.8. The third-order valence-electron chi connectivity index (χ3n) is 4.74. The number of aryl methyl sites for hydroxylation is 1. The Hall–Kier alpha value is -2.89. The minimum Gasteiger partial charge on any atom is -0.495 e. The van der Waals surface area contributed by atoms with Gasteiger partial charge >= 0.3 is 6.03 Å². The van der Waals surface area contributed by atoms with E-state index >= 15 is 0 Å². The minimum atomic E-state index is -0.0933. The first-order valence-electron chi connectivity index (χ1n) is 9.68. The highest BCUT2D eigenvalue weighted by Gasteiger charge is 2.22. The number of rotatable bonds is 5. The van der Waals surface area contributed by atoms with Crippen molar-refractivity contribution in [3.05, 3.63) is 48.0 Å². The summed E-state index contributed by atoms with van der Waals surface area (Å²) in [6.45, 7) is 8.96. The van der Waals surface area contributed by atoms with Gasteiger partial charge in [0.2, 0.25) is 0 Å². The van der Waals surface area contributed by atoms with Gasteiger partial charge in [0, 0.05) is 31.9 Å². The summed E-state index contributed by atoms with van der Waals surface area (Å²) in [7, 11) is 1.61. The van der Waals surface area contributed by atoms with Gasteiger partial charge in [0.25, 0.3) is 0 Å². The van der Waals surface area contributed by atoms with E-state index in [1.165, 1.54) is 0 Å². The predicted molar refractivity (Wildman–Crippen MR) is 113 cm³/mol. The van der Waals surface area contributed by atoms with Gasteiger partial charge in [0.15, 0.2) is 0 Å². The van der Waals surface area contributed by atoms with Gasteiger partial charge in [-0.1, -0.05) is 6.07 Å². The van der Waals surface area contributed by atoms with Gasteiger partial charge in [-0.25, -0.2) is 4.79 Å². The Morgan fingerprint density at radius 2 is 1.71 bits per heavy atom. The average Bonchev–Trinajstić information content (AvgIpc) is 2.68. The number of anilines is 2. The van der Waals surface area contributed by atoms with E-state index < -0.39 is 0 Å². The molecule has 3 rings (SSSR count). The minimum absolute atomic E-state index is 0.0933. The van der Waals surface area contributed by atoms with E-state index in [1.54, 1.807) is 7.11 Å². The summed E-state index contributed by atoms with van der Waals surface area (Å²) in [5.74, 6) is 1.55. The van der Waals surface area contributed by atoms with Crippen LogP contribution in [0.1, 0.15) is 19.4 Å². The standard InChI is InChI=1S/C22H29N3O3/c1-16(2)28-19-8-6-18(7-9-19)24-11-13-25(14-12-24)22(26)23-20-15-17(3)5-10-21(20)27-4/h5-10,15-16H,11-14H2,1-4H3,(H,23,26). The molecule has 28 heavy (non-hydrogen) atoms. The molecule has 0 bridgehead atoms. The molecule has 0 unspecified atom stereocenters. The maximum Gasteiger partial charge on any atom is 0.322 e.